The molecular weight excluding hydrogens is 434 g/mol. The van der Waals surface area contributed by atoms with E-state index >= 15 is 0 Å². The van der Waals surface area contributed by atoms with Crippen molar-refractivity contribution >= 4 is 23.3 Å². The van der Waals surface area contributed by atoms with Gasteiger partial charge in [0.2, 0.25) is 0 Å². The highest BCUT2D eigenvalue weighted by Crippen LogP contribution is 2.64. The van der Waals surface area contributed by atoms with Gasteiger partial charge in [0.05, 0.1) is 17.3 Å². The van der Waals surface area contributed by atoms with Crippen LogP contribution in [0.15, 0.2) is 66.7 Å². The third-order valence-electron chi connectivity index (χ3n) is 7.94. The molecule has 2 N–H and O–H groups in total. The summed E-state index contributed by atoms with van der Waals surface area (Å²) in [7, 11) is 0. The molecule has 0 radical (unpaired) electrons. The number of nitrogens with one attached hydrogen (secondary N) is 1. The monoisotopic (exact) mass is 459 g/mol. The zero-order chi connectivity index (χ0) is 22.5. The number of aromatic carboxylic acids is 1. The van der Waals surface area contributed by atoms with Gasteiger partial charge in [-0.15, -0.1) is 0 Å². The number of carboxylic acids is 1. The molecule has 1 aliphatic heterocycles. The Labute approximate surface area is 198 Å². The standard InChI is InChI=1S/C28H26ClNO3/c29-23-7-2-1-4-19(23)15-33-20-12-10-16(11-13-20)26-25-18-9-8-17(14-18)24(25)21-5-3-6-22(28(31)32)27(21)30-26/h1-7,10-13,17-18,24-26,30H,8-9,14-15H2,(H,31,32)/t17-,18-,24-,25-,26+/m0/s1. The van der Waals surface area contributed by atoms with Crippen LogP contribution in [0.3, 0.4) is 0 Å². The number of benzene rings is 3. The van der Waals surface area contributed by atoms with Crippen molar-refractivity contribution in [3.8, 4) is 5.75 Å². The van der Waals surface area contributed by atoms with Crippen molar-refractivity contribution in [3.05, 3.63) is 94.0 Å². The highest BCUT2D eigenvalue weighted by atomic mass is 35.5. The van der Waals surface area contributed by atoms with Crippen LogP contribution in [-0.2, 0) is 6.61 Å². The molecule has 5 atom stereocenters. The number of carbonyl (C=O) groups is 1. The van der Waals surface area contributed by atoms with Crippen LogP contribution >= 0.6 is 11.6 Å². The average Bonchev–Trinajstić information content (AvgIpc) is 3.46. The Morgan fingerprint density at radius 1 is 1.00 bits per heavy atom. The van der Waals surface area contributed by atoms with Gasteiger partial charge in [0.1, 0.15) is 12.4 Å². The number of para-hydroxylation sites is 1. The topological polar surface area (TPSA) is 58.6 Å². The van der Waals surface area contributed by atoms with Crippen LogP contribution in [0.5, 0.6) is 5.75 Å². The summed E-state index contributed by atoms with van der Waals surface area (Å²) in [6, 6.07) is 21.8. The second-order valence-electron chi connectivity index (χ2n) is 9.58. The summed E-state index contributed by atoms with van der Waals surface area (Å²) in [6.07, 6.45) is 3.78. The normalized spacial score (nSPS) is 26.9. The fourth-order valence-electron chi connectivity index (χ4n) is 6.57. The van der Waals surface area contributed by atoms with E-state index in [4.69, 9.17) is 16.3 Å². The molecule has 3 aromatic carbocycles. The lowest BCUT2D eigenvalue weighted by atomic mass is 9.67. The van der Waals surface area contributed by atoms with Gasteiger partial charge in [0, 0.05) is 10.6 Å². The lowest BCUT2D eigenvalue weighted by molar-refractivity contribution is 0.0697. The van der Waals surface area contributed by atoms with Gasteiger partial charge in [-0.3, -0.25) is 0 Å². The number of carboxylic acid groups (broad SMARTS) is 1. The van der Waals surface area contributed by atoms with Gasteiger partial charge in [0.15, 0.2) is 0 Å². The fraction of sp³-hybridized carbons (Fsp3) is 0.321. The summed E-state index contributed by atoms with van der Waals surface area (Å²) in [4.78, 5) is 12.0. The zero-order valence-electron chi connectivity index (χ0n) is 18.2. The molecule has 2 fully saturated rings. The highest BCUT2D eigenvalue weighted by Gasteiger charge is 2.54. The predicted octanol–water partition coefficient (Wildman–Crippen LogP) is 6.91. The maximum atomic E-state index is 12.0. The average molecular weight is 460 g/mol. The highest BCUT2D eigenvalue weighted by molar-refractivity contribution is 6.31. The number of rotatable bonds is 5. The maximum Gasteiger partial charge on any atom is 0.337 e. The Balaban J connectivity index is 1.29. The SMILES string of the molecule is O=C(O)c1cccc2c1N[C@H](c1ccc(OCc3ccccc3Cl)cc1)[C@H]1[C@H]3CC[C@@H](C3)[C@@H]21. The van der Waals surface area contributed by atoms with Crippen LogP contribution in [0.25, 0.3) is 0 Å². The quantitative estimate of drug-likeness (QED) is 0.435. The fourth-order valence-corrected chi connectivity index (χ4v) is 6.76. The smallest absolute Gasteiger partial charge is 0.337 e. The van der Waals surface area contributed by atoms with Crippen LogP contribution in [0.4, 0.5) is 5.69 Å². The van der Waals surface area contributed by atoms with Gasteiger partial charge in [-0.05, 0) is 78.3 Å². The summed E-state index contributed by atoms with van der Waals surface area (Å²) < 4.78 is 5.98. The molecule has 6 rings (SSSR count). The molecule has 1 heterocycles. The van der Waals surface area contributed by atoms with Crippen molar-refractivity contribution in [1.82, 2.24) is 0 Å². The Bertz CT molecular complexity index is 1210. The van der Waals surface area contributed by atoms with E-state index in [2.05, 4.69) is 23.5 Å². The van der Waals surface area contributed by atoms with Gasteiger partial charge >= 0.3 is 5.97 Å². The molecule has 2 saturated carbocycles. The third-order valence-corrected chi connectivity index (χ3v) is 8.31. The Hall–Kier alpha value is -2.98. The second-order valence-corrected chi connectivity index (χ2v) is 9.99. The molecule has 3 aliphatic rings. The van der Waals surface area contributed by atoms with Crippen molar-refractivity contribution in [2.75, 3.05) is 5.32 Å². The number of ether oxygens (including phenoxy) is 1. The van der Waals surface area contributed by atoms with Crippen LogP contribution in [0.1, 0.15) is 58.3 Å². The van der Waals surface area contributed by atoms with Gasteiger partial charge in [0.25, 0.3) is 0 Å². The Morgan fingerprint density at radius 2 is 1.79 bits per heavy atom. The van der Waals surface area contributed by atoms with Gasteiger partial charge in [-0.1, -0.05) is 54.1 Å². The summed E-state index contributed by atoms with van der Waals surface area (Å²) in [5.41, 5.74) is 4.53. The molecule has 0 amide bonds. The lowest BCUT2D eigenvalue weighted by Gasteiger charge is -2.44. The summed E-state index contributed by atoms with van der Waals surface area (Å²) in [6.45, 7) is 0.421. The van der Waals surface area contributed by atoms with E-state index in [0.717, 1.165) is 17.0 Å². The molecule has 2 aliphatic carbocycles. The van der Waals surface area contributed by atoms with Crippen molar-refractivity contribution < 1.29 is 14.6 Å². The summed E-state index contributed by atoms with van der Waals surface area (Å²) in [5, 5.41) is 14.2. The first-order chi connectivity index (χ1) is 16.1. The van der Waals surface area contributed by atoms with E-state index < -0.39 is 5.97 Å². The molecule has 33 heavy (non-hydrogen) atoms. The first-order valence-corrected chi connectivity index (χ1v) is 12.1. The minimum absolute atomic E-state index is 0.107. The molecule has 0 saturated heterocycles. The van der Waals surface area contributed by atoms with Crippen LogP contribution in [0, 0.1) is 17.8 Å². The van der Waals surface area contributed by atoms with Crippen LogP contribution in [0.2, 0.25) is 5.02 Å². The number of fused-ring (bicyclic) bond motifs is 7. The third kappa shape index (κ3) is 3.48. The summed E-state index contributed by atoms with van der Waals surface area (Å²) >= 11 is 6.25. The number of hydrogen-bond donors (Lipinski definition) is 2. The maximum absolute atomic E-state index is 12.0. The Kier molecular flexibility index (Phi) is 5.06. The molecule has 168 valence electrons. The molecule has 3 aromatic rings. The van der Waals surface area contributed by atoms with E-state index in [1.807, 2.05) is 42.5 Å². The van der Waals surface area contributed by atoms with Crippen molar-refractivity contribution in [1.29, 1.82) is 0 Å². The number of halogens is 1. The van der Waals surface area contributed by atoms with Crippen LogP contribution in [-0.4, -0.2) is 11.1 Å². The van der Waals surface area contributed by atoms with Gasteiger partial charge < -0.3 is 15.2 Å². The molecule has 0 unspecified atom stereocenters. The van der Waals surface area contributed by atoms with Crippen molar-refractivity contribution in [2.24, 2.45) is 17.8 Å². The predicted molar refractivity (Wildman–Crippen MR) is 129 cm³/mol. The first-order valence-electron chi connectivity index (χ1n) is 11.7. The summed E-state index contributed by atoms with van der Waals surface area (Å²) in [5.74, 6) is 2.20. The molecule has 2 bridgehead atoms. The molecular formula is C28H26ClNO3. The van der Waals surface area contributed by atoms with Crippen LogP contribution < -0.4 is 10.1 Å². The number of anilines is 1. The Morgan fingerprint density at radius 3 is 2.58 bits per heavy atom. The minimum Gasteiger partial charge on any atom is -0.489 e. The van der Waals surface area contributed by atoms with E-state index in [1.165, 1.54) is 30.4 Å². The molecule has 0 spiro atoms. The largest absolute Gasteiger partial charge is 0.489 e. The van der Waals surface area contributed by atoms with Gasteiger partial charge in [-0.2, -0.15) is 0 Å². The van der Waals surface area contributed by atoms with Crippen molar-refractivity contribution in [3.63, 3.8) is 0 Å². The van der Waals surface area contributed by atoms with Gasteiger partial charge in [-0.25, -0.2) is 4.79 Å². The minimum atomic E-state index is -0.872. The zero-order valence-corrected chi connectivity index (χ0v) is 19.0. The first kappa shape index (κ1) is 20.6. The van der Waals surface area contributed by atoms with E-state index in [1.54, 1.807) is 6.07 Å². The molecule has 0 aromatic heterocycles. The van der Waals surface area contributed by atoms with E-state index in [0.29, 0.717) is 40.9 Å². The number of hydrogen-bond acceptors (Lipinski definition) is 3. The van der Waals surface area contributed by atoms with E-state index in [9.17, 15) is 9.90 Å². The molecule has 5 heteroatoms. The molecule has 4 nitrogen and oxygen atoms in total. The van der Waals surface area contributed by atoms with E-state index in [-0.39, 0.29) is 6.04 Å². The van der Waals surface area contributed by atoms with Crippen molar-refractivity contribution in [2.45, 2.75) is 37.8 Å². The second kappa shape index (κ2) is 8.11. The lowest BCUT2D eigenvalue weighted by Crippen LogP contribution is -2.36.